The SMILES string of the molecule is C/C(=N\NC(=O)C(C)Oc1ccc(Cl)cc1C)c1cccc(N)c1. The molecule has 3 N–H and O–H groups in total. The summed E-state index contributed by atoms with van der Waals surface area (Å²) in [5.74, 6) is 0.270. The lowest BCUT2D eigenvalue weighted by molar-refractivity contribution is -0.127. The zero-order chi connectivity index (χ0) is 17.7. The molecule has 24 heavy (non-hydrogen) atoms. The Labute approximate surface area is 146 Å². The summed E-state index contributed by atoms with van der Waals surface area (Å²) in [6.07, 6.45) is -0.692. The predicted molar refractivity (Wildman–Crippen MR) is 97.5 cm³/mol. The molecular formula is C18H20ClN3O2. The first-order valence-corrected chi connectivity index (χ1v) is 7.87. The van der Waals surface area contributed by atoms with Crippen molar-refractivity contribution >= 4 is 28.9 Å². The molecule has 0 saturated heterocycles. The number of nitrogens with zero attached hydrogens (tertiary/aromatic N) is 1. The van der Waals surface area contributed by atoms with Gasteiger partial charge in [0.05, 0.1) is 5.71 Å². The van der Waals surface area contributed by atoms with E-state index in [1.165, 1.54) is 0 Å². The maximum absolute atomic E-state index is 12.1. The van der Waals surface area contributed by atoms with Crippen molar-refractivity contribution in [3.63, 3.8) is 0 Å². The monoisotopic (exact) mass is 345 g/mol. The topological polar surface area (TPSA) is 76.7 Å². The standard InChI is InChI=1S/C18H20ClN3O2/c1-11-9-15(19)7-8-17(11)24-13(3)18(23)22-21-12(2)14-5-4-6-16(20)10-14/h4-10,13H,20H2,1-3H3,(H,22,23)/b21-12+. The molecule has 0 bridgehead atoms. The van der Waals surface area contributed by atoms with Gasteiger partial charge in [-0.3, -0.25) is 4.79 Å². The largest absolute Gasteiger partial charge is 0.481 e. The first kappa shape index (κ1) is 17.8. The molecule has 6 heteroatoms. The number of hydrogen-bond donors (Lipinski definition) is 2. The molecule has 2 aromatic carbocycles. The number of nitrogen functional groups attached to an aromatic ring is 1. The molecule has 2 rings (SSSR count). The van der Waals surface area contributed by atoms with E-state index in [0.717, 1.165) is 11.1 Å². The second kappa shape index (κ2) is 7.84. The van der Waals surface area contributed by atoms with Crippen molar-refractivity contribution in [3.05, 3.63) is 58.6 Å². The van der Waals surface area contributed by atoms with Crippen molar-refractivity contribution in [2.24, 2.45) is 5.10 Å². The van der Waals surface area contributed by atoms with Crippen molar-refractivity contribution < 1.29 is 9.53 Å². The van der Waals surface area contributed by atoms with Crippen molar-refractivity contribution in [2.45, 2.75) is 26.9 Å². The van der Waals surface area contributed by atoms with Gasteiger partial charge in [0.25, 0.3) is 5.91 Å². The Kier molecular flexibility index (Phi) is 5.82. The Morgan fingerprint density at radius 3 is 2.71 bits per heavy atom. The van der Waals surface area contributed by atoms with Gasteiger partial charge in [-0.15, -0.1) is 0 Å². The second-order valence-corrected chi connectivity index (χ2v) is 5.91. The number of hydrogen-bond acceptors (Lipinski definition) is 4. The van der Waals surface area contributed by atoms with Crippen molar-refractivity contribution in [1.82, 2.24) is 5.43 Å². The fraction of sp³-hybridized carbons (Fsp3) is 0.222. The number of carbonyl (C=O) groups excluding carboxylic acids is 1. The van der Waals surface area contributed by atoms with E-state index in [2.05, 4.69) is 10.5 Å². The summed E-state index contributed by atoms with van der Waals surface area (Å²) in [5.41, 5.74) is 11.3. The molecule has 5 nitrogen and oxygen atoms in total. The molecule has 0 radical (unpaired) electrons. The first-order valence-electron chi connectivity index (χ1n) is 7.49. The first-order chi connectivity index (χ1) is 11.4. The Hall–Kier alpha value is -2.53. The summed E-state index contributed by atoms with van der Waals surface area (Å²) >= 11 is 5.91. The maximum atomic E-state index is 12.1. The van der Waals surface area contributed by atoms with Crippen LogP contribution in [0, 0.1) is 6.92 Å². The number of aryl methyl sites for hydroxylation is 1. The number of halogens is 1. The number of nitrogens with one attached hydrogen (secondary N) is 1. The summed E-state index contributed by atoms with van der Waals surface area (Å²) in [4.78, 5) is 12.1. The highest BCUT2D eigenvalue weighted by atomic mass is 35.5. The molecule has 0 saturated carbocycles. The molecule has 1 atom stereocenters. The molecule has 0 fully saturated rings. The zero-order valence-corrected chi connectivity index (χ0v) is 14.6. The molecule has 1 amide bonds. The lowest BCUT2D eigenvalue weighted by atomic mass is 10.1. The normalized spacial score (nSPS) is 12.6. The van der Waals surface area contributed by atoms with Crippen molar-refractivity contribution in [1.29, 1.82) is 0 Å². The summed E-state index contributed by atoms with van der Waals surface area (Å²) in [7, 11) is 0. The van der Waals surface area contributed by atoms with Gasteiger partial charge in [0, 0.05) is 10.7 Å². The van der Waals surface area contributed by atoms with Crippen LogP contribution in [-0.2, 0) is 4.79 Å². The van der Waals surface area contributed by atoms with E-state index in [0.29, 0.717) is 22.2 Å². The van der Waals surface area contributed by atoms with Crippen LogP contribution >= 0.6 is 11.6 Å². The van der Waals surface area contributed by atoms with Gasteiger partial charge in [-0.25, -0.2) is 5.43 Å². The Balaban J connectivity index is 1.99. The number of nitrogens with two attached hydrogens (primary N) is 1. The molecule has 126 valence electrons. The predicted octanol–water partition coefficient (Wildman–Crippen LogP) is 3.54. The maximum Gasteiger partial charge on any atom is 0.280 e. The number of rotatable bonds is 5. The number of hydrazone groups is 1. The Bertz CT molecular complexity index is 775. The molecule has 0 aromatic heterocycles. The highest BCUT2D eigenvalue weighted by Crippen LogP contribution is 2.22. The minimum Gasteiger partial charge on any atom is -0.481 e. The fourth-order valence-electron chi connectivity index (χ4n) is 2.05. The fourth-order valence-corrected chi connectivity index (χ4v) is 2.27. The summed E-state index contributed by atoms with van der Waals surface area (Å²) in [6, 6.07) is 12.5. The van der Waals surface area contributed by atoms with Gasteiger partial charge >= 0.3 is 0 Å². The average Bonchev–Trinajstić information content (AvgIpc) is 2.54. The third-order valence-corrected chi connectivity index (χ3v) is 3.68. The van der Waals surface area contributed by atoms with Crippen LogP contribution in [-0.4, -0.2) is 17.7 Å². The van der Waals surface area contributed by atoms with Crippen LogP contribution in [0.5, 0.6) is 5.75 Å². The smallest absolute Gasteiger partial charge is 0.280 e. The molecule has 2 aromatic rings. The van der Waals surface area contributed by atoms with E-state index in [1.54, 1.807) is 44.2 Å². The van der Waals surface area contributed by atoms with Crippen LogP contribution in [0.4, 0.5) is 5.69 Å². The highest BCUT2D eigenvalue weighted by molar-refractivity contribution is 6.30. The number of anilines is 1. The van der Waals surface area contributed by atoms with E-state index < -0.39 is 6.10 Å². The average molecular weight is 346 g/mol. The van der Waals surface area contributed by atoms with Gasteiger partial charge < -0.3 is 10.5 Å². The van der Waals surface area contributed by atoms with Crippen LogP contribution in [0.25, 0.3) is 0 Å². The van der Waals surface area contributed by atoms with Crippen LogP contribution in [0.2, 0.25) is 5.02 Å². The van der Waals surface area contributed by atoms with E-state index in [4.69, 9.17) is 22.1 Å². The minimum atomic E-state index is -0.692. The second-order valence-electron chi connectivity index (χ2n) is 5.47. The Morgan fingerprint density at radius 1 is 1.29 bits per heavy atom. The molecule has 0 aliphatic rings. The zero-order valence-electron chi connectivity index (χ0n) is 13.8. The number of carbonyl (C=O) groups is 1. The van der Waals surface area contributed by atoms with Crippen molar-refractivity contribution in [3.8, 4) is 5.75 Å². The number of benzene rings is 2. The molecule has 1 unspecified atom stereocenters. The van der Waals surface area contributed by atoms with Gasteiger partial charge in [0.15, 0.2) is 6.10 Å². The van der Waals surface area contributed by atoms with Gasteiger partial charge in [0.2, 0.25) is 0 Å². The Morgan fingerprint density at radius 2 is 2.04 bits per heavy atom. The molecule has 0 aliphatic heterocycles. The highest BCUT2D eigenvalue weighted by Gasteiger charge is 2.15. The molecular weight excluding hydrogens is 326 g/mol. The van der Waals surface area contributed by atoms with Crippen LogP contribution in [0.15, 0.2) is 47.6 Å². The quantitative estimate of drug-likeness (QED) is 0.494. The van der Waals surface area contributed by atoms with E-state index in [1.807, 2.05) is 19.1 Å². The lowest BCUT2D eigenvalue weighted by Gasteiger charge is -2.15. The molecule has 0 aliphatic carbocycles. The number of amides is 1. The molecule has 0 heterocycles. The molecule has 0 spiro atoms. The number of ether oxygens (including phenoxy) is 1. The van der Waals surface area contributed by atoms with Crippen LogP contribution in [0.1, 0.15) is 25.0 Å². The van der Waals surface area contributed by atoms with Gasteiger partial charge in [0.1, 0.15) is 5.75 Å². The van der Waals surface area contributed by atoms with Crippen LogP contribution < -0.4 is 15.9 Å². The summed E-state index contributed by atoms with van der Waals surface area (Å²) in [6.45, 7) is 5.33. The lowest BCUT2D eigenvalue weighted by Crippen LogP contribution is -2.34. The van der Waals surface area contributed by atoms with E-state index >= 15 is 0 Å². The van der Waals surface area contributed by atoms with Crippen LogP contribution in [0.3, 0.4) is 0 Å². The van der Waals surface area contributed by atoms with Gasteiger partial charge in [-0.05, 0) is 62.2 Å². The summed E-state index contributed by atoms with van der Waals surface area (Å²) < 4.78 is 5.66. The van der Waals surface area contributed by atoms with Gasteiger partial charge in [-0.2, -0.15) is 5.10 Å². The summed E-state index contributed by atoms with van der Waals surface area (Å²) in [5, 5.41) is 4.72. The van der Waals surface area contributed by atoms with E-state index in [9.17, 15) is 4.79 Å². The van der Waals surface area contributed by atoms with E-state index in [-0.39, 0.29) is 5.91 Å². The third-order valence-electron chi connectivity index (χ3n) is 3.45. The van der Waals surface area contributed by atoms with Gasteiger partial charge in [-0.1, -0.05) is 23.7 Å². The third kappa shape index (κ3) is 4.73. The minimum absolute atomic E-state index is 0.340. The van der Waals surface area contributed by atoms with Crippen molar-refractivity contribution in [2.75, 3.05) is 5.73 Å².